The van der Waals surface area contributed by atoms with E-state index >= 15 is 0 Å². The van der Waals surface area contributed by atoms with E-state index in [1.165, 1.54) is 0 Å². The van der Waals surface area contributed by atoms with Gasteiger partial charge >= 0.3 is 12.2 Å². The number of halogens is 3. The molecule has 0 aliphatic rings. The fourth-order valence-corrected chi connectivity index (χ4v) is 3.14. The van der Waals surface area contributed by atoms with Crippen molar-refractivity contribution in [3.8, 4) is 5.75 Å². The van der Waals surface area contributed by atoms with E-state index in [0.29, 0.717) is 22.8 Å². The standard InChI is InChI=1S/C18H24F3N3O2SSi/c1-11-9-12(26-17(2,3)28(4,5)6)7-8-13(11)22-15(25)24-16-23-14(10-27-16)18(19,20)21/h7-10H,1-6H3,(H2,22,23,24,25). The molecular weight excluding hydrogens is 407 g/mol. The van der Waals surface area contributed by atoms with Crippen LogP contribution in [-0.2, 0) is 6.18 Å². The van der Waals surface area contributed by atoms with Crippen LogP contribution in [-0.4, -0.2) is 24.3 Å². The van der Waals surface area contributed by atoms with Crippen molar-refractivity contribution in [1.29, 1.82) is 0 Å². The molecule has 5 nitrogen and oxygen atoms in total. The molecule has 10 heteroatoms. The number of carbonyl (C=O) groups excluding carboxylic acids is 1. The summed E-state index contributed by atoms with van der Waals surface area (Å²) in [6, 6.07) is 4.62. The number of aromatic nitrogens is 1. The lowest BCUT2D eigenvalue weighted by atomic mass is 10.2. The maximum atomic E-state index is 12.6. The molecule has 0 radical (unpaired) electrons. The van der Waals surface area contributed by atoms with Crippen LogP contribution in [0.15, 0.2) is 23.6 Å². The van der Waals surface area contributed by atoms with Crippen molar-refractivity contribution >= 4 is 36.3 Å². The molecule has 0 aliphatic carbocycles. The van der Waals surface area contributed by atoms with E-state index in [4.69, 9.17) is 4.74 Å². The van der Waals surface area contributed by atoms with Gasteiger partial charge in [0.15, 0.2) is 10.8 Å². The zero-order valence-electron chi connectivity index (χ0n) is 16.6. The van der Waals surface area contributed by atoms with E-state index in [0.717, 1.165) is 10.9 Å². The second-order valence-electron chi connectivity index (χ2n) is 7.95. The molecule has 28 heavy (non-hydrogen) atoms. The normalized spacial score (nSPS) is 12.6. The van der Waals surface area contributed by atoms with E-state index in [1.807, 2.05) is 13.0 Å². The molecule has 2 amide bonds. The van der Waals surface area contributed by atoms with Crippen molar-refractivity contribution < 1.29 is 22.7 Å². The number of carbonyl (C=O) groups is 1. The Hall–Kier alpha value is -2.07. The van der Waals surface area contributed by atoms with Crippen molar-refractivity contribution in [2.45, 2.75) is 51.8 Å². The molecule has 0 saturated carbocycles. The molecule has 0 saturated heterocycles. The lowest BCUT2D eigenvalue weighted by molar-refractivity contribution is -0.140. The number of rotatable bonds is 5. The molecule has 0 bridgehead atoms. The minimum Gasteiger partial charge on any atom is -0.492 e. The molecule has 0 atom stereocenters. The quantitative estimate of drug-likeness (QED) is 0.558. The summed E-state index contributed by atoms with van der Waals surface area (Å²) in [5.41, 5.74) is 0.271. The minimum absolute atomic E-state index is 0.126. The number of hydrogen-bond acceptors (Lipinski definition) is 4. The monoisotopic (exact) mass is 431 g/mol. The van der Waals surface area contributed by atoms with E-state index < -0.39 is 26.0 Å². The summed E-state index contributed by atoms with van der Waals surface area (Å²) >= 11 is 0.711. The van der Waals surface area contributed by atoms with Gasteiger partial charge in [-0.3, -0.25) is 5.32 Å². The predicted molar refractivity (Wildman–Crippen MR) is 109 cm³/mol. The molecule has 2 N–H and O–H groups in total. The van der Waals surface area contributed by atoms with Crippen LogP contribution in [0.5, 0.6) is 5.75 Å². The number of amides is 2. The number of nitrogens with one attached hydrogen (secondary N) is 2. The van der Waals surface area contributed by atoms with Gasteiger partial charge in [0.2, 0.25) is 0 Å². The third kappa shape index (κ3) is 5.48. The summed E-state index contributed by atoms with van der Waals surface area (Å²) in [6.07, 6.45) is -4.54. The fraction of sp³-hybridized carbons (Fsp3) is 0.444. The van der Waals surface area contributed by atoms with E-state index in [9.17, 15) is 18.0 Å². The summed E-state index contributed by atoms with van der Waals surface area (Å²) in [4.78, 5) is 15.4. The smallest absolute Gasteiger partial charge is 0.434 e. The van der Waals surface area contributed by atoms with Crippen LogP contribution in [0, 0.1) is 6.92 Å². The van der Waals surface area contributed by atoms with Crippen LogP contribution < -0.4 is 15.4 Å². The number of nitrogens with zero attached hydrogens (tertiary/aromatic N) is 1. The van der Waals surface area contributed by atoms with Crippen molar-refractivity contribution in [2.24, 2.45) is 0 Å². The summed E-state index contributed by atoms with van der Waals surface area (Å²) in [6.45, 7) is 12.6. The number of anilines is 2. The lowest BCUT2D eigenvalue weighted by Gasteiger charge is -2.37. The van der Waals surface area contributed by atoms with Crippen molar-refractivity contribution in [3.05, 3.63) is 34.8 Å². The van der Waals surface area contributed by atoms with Gasteiger partial charge in [-0.1, -0.05) is 19.6 Å². The number of ether oxygens (including phenoxy) is 1. The van der Waals surface area contributed by atoms with Gasteiger partial charge in [-0.2, -0.15) is 13.2 Å². The fourth-order valence-electron chi connectivity index (χ4n) is 2.00. The number of aryl methyl sites for hydroxylation is 1. The van der Waals surface area contributed by atoms with Crippen molar-refractivity contribution in [2.75, 3.05) is 10.6 Å². The Morgan fingerprint density at radius 1 is 1.18 bits per heavy atom. The van der Waals surface area contributed by atoms with Crippen LogP contribution in [0.1, 0.15) is 25.1 Å². The molecule has 0 aliphatic heterocycles. The SMILES string of the molecule is Cc1cc(OC(C)(C)[Si](C)(C)C)ccc1NC(=O)Nc1nc(C(F)(F)F)cs1. The van der Waals surface area contributed by atoms with Crippen LogP contribution in [0.2, 0.25) is 19.6 Å². The van der Waals surface area contributed by atoms with Gasteiger partial charge in [0.1, 0.15) is 5.75 Å². The van der Waals surface area contributed by atoms with Gasteiger partial charge in [-0.15, -0.1) is 11.3 Å². The summed E-state index contributed by atoms with van der Waals surface area (Å²) in [5.74, 6) is 0.700. The molecule has 1 heterocycles. The van der Waals surface area contributed by atoms with Gasteiger partial charge in [-0.25, -0.2) is 9.78 Å². The average molecular weight is 432 g/mol. The Balaban J connectivity index is 2.04. The number of alkyl halides is 3. The third-order valence-corrected chi connectivity index (χ3v) is 9.11. The number of urea groups is 1. The Bertz CT molecular complexity index is 860. The topological polar surface area (TPSA) is 63.2 Å². The van der Waals surface area contributed by atoms with Crippen LogP contribution in [0.3, 0.4) is 0 Å². The number of benzene rings is 1. The first kappa shape index (κ1) is 22.2. The zero-order valence-corrected chi connectivity index (χ0v) is 18.4. The molecule has 154 valence electrons. The van der Waals surface area contributed by atoms with Gasteiger partial charge in [0, 0.05) is 11.1 Å². The van der Waals surface area contributed by atoms with Crippen LogP contribution >= 0.6 is 11.3 Å². The first-order valence-electron chi connectivity index (χ1n) is 8.59. The molecular formula is C18H24F3N3O2SSi. The summed E-state index contributed by atoms with van der Waals surface area (Å²) < 4.78 is 43.9. The minimum atomic E-state index is -4.54. The van der Waals surface area contributed by atoms with Gasteiger partial charge in [0.05, 0.1) is 13.3 Å². The Morgan fingerprint density at radius 2 is 1.82 bits per heavy atom. The number of thiazole rings is 1. The Labute approximate surface area is 167 Å². The average Bonchev–Trinajstić information content (AvgIpc) is 2.97. The predicted octanol–water partition coefficient (Wildman–Crippen LogP) is 6.15. The van der Waals surface area contributed by atoms with Gasteiger partial charge in [-0.05, 0) is 44.5 Å². The molecule has 0 fully saturated rings. The number of hydrogen-bond donors (Lipinski definition) is 2. The highest BCUT2D eigenvalue weighted by molar-refractivity contribution is 7.14. The van der Waals surface area contributed by atoms with Crippen molar-refractivity contribution in [3.63, 3.8) is 0 Å². The summed E-state index contributed by atoms with van der Waals surface area (Å²) in [5, 5.41) is 5.39. The van der Waals surface area contributed by atoms with Crippen molar-refractivity contribution in [1.82, 2.24) is 4.98 Å². The Kier molecular flexibility index (Phi) is 6.15. The maximum absolute atomic E-state index is 12.6. The largest absolute Gasteiger partial charge is 0.492 e. The zero-order chi connectivity index (χ0) is 21.3. The first-order chi connectivity index (χ1) is 12.7. The second kappa shape index (κ2) is 7.74. The highest BCUT2D eigenvalue weighted by Gasteiger charge is 2.37. The first-order valence-corrected chi connectivity index (χ1v) is 13.0. The van der Waals surface area contributed by atoms with E-state index in [2.05, 4.69) is 49.1 Å². The van der Waals surface area contributed by atoms with Gasteiger partial charge < -0.3 is 10.1 Å². The third-order valence-electron chi connectivity index (χ3n) is 4.64. The molecule has 0 unspecified atom stereocenters. The molecule has 1 aromatic heterocycles. The maximum Gasteiger partial charge on any atom is 0.434 e. The second-order valence-corrected chi connectivity index (χ2v) is 14.5. The highest BCUT2D eigenvalue weighted by Crippen LogP contribution is 2.32. The molecule has 2 aromatic rings. The Morgan fingerprint density at radius 3 is 2.32 bits per heavy atom. The van der Waals surface area contributed by atoms with E-state index in [-0.39, 0.29) is 10.4 Å². The van der Waals surface area contributed by atoms with Gasteiger partial charge in [0.25, 0.3) is 0 Å². The highest BCUT2D eigenvalue weighted by atomic mass is 32.1. The lowest BCUT2D eigenvalue weighted by Crippen LogP contribution is -2.51. The molecule has 2 rings (SSSR count). The van der Waals surface area contributed by atoms with Crippen LogP contribution in [0.25, 0.3) is 0 Å². The summed E-state index contributed by atoms with van der Waals surface area (Å²) in [7, 11) is -1.57. The van der Waals surface area contributed by atoms with E-state index in [1.54, 1.807) is 12.1 Å². The molecule has 1 aromatic carbocycles. The van der Waals surface area contributed by atoms with Crippen LogP contribution in [0.4, 0.5) is 28.8 Å². The molecule has 0 spiro atoms.